The molecular weight excluding hydrogens is 362 g/mol. The van der Waals surface area contributed by atoms with Gasteiger partial charge in [0.15, 0.2) is 6.10 Å². The van der Waals surface area contributed by atoms with Gasteiger partial charge in [0, 0.05) is 6.54 Å². The van der Waals surface area contributed by atoms with Gasteiger partial charge in [-0.15, -0.1) is 0 Å². The average molecular weight is 393 g/mol. The predicted octanol–water partition coefficient (Wildman–Crippen LogP) is 1.33. The lowest BCUT2D eigenvalue weighted by Gasteiger charge is -2.25. The molecule has 0 heterocycles. The standard InChI is InChI=1S/C20H31N3O5/c1-5-15(17(24)19(26)28-4)22-18(25)16(11-13(2)3)23-20(27)21-12-14-9-7-6-8-10-14/h6-10,13,15-17,24H,5,11-12H2,1-4H3,(H,22,25)(H2,21,23,27). The molecule has 4 N–H and O–H groups in total. The topological polar surface area (TPSA) is 117 Å². The zero-order valence-electron chi connectivity index (χ0n) is 16.9. The van der Waals surface area contributed by atoms with Gasteiger partial charge in [-0.25, -0.2) is 9.59 Å². The van der Waals surface area contributed by atoms with Crippen LogP contribution >= 0.6 is 0 Å². The molecule has 156 valence electrons. The van der Waals surface area contributed by atoms with E-state index in [1.54, 1.807) is 6.92 Å². The quantitative estimate of drug-likeness (QED) is 0.448. The third-order valence-electron chi connectivity index (χ3n) is 4.22. The SMILES string of the molecule is CCC(NC(=O)C(CC(C)C)NC(=O)NCc1ccccc1)C(O)C(=O)OC. The van der Waals surface area contributed by atoms with E-state index in [2.05, 4.69) is 20.7 Å². The van der Waals surface area contributed by atoms with Gasteiger partial charge in [-0.05, 0) is 24.3 Å². The first-order chi connectivity index (χ1) is 13.3. The number of carbonyl (C=O) groups is 3. The Morgan fingerprint density at radius 2 is 1.75 bits per heavy atom. The molecule has 1 aromatic rings. The van der Waals surface area contributed by atoms with Gasteiger partial charge in [0.1, 0.15) is 6.04 Å². The van der Waals surface area contributed by atoms with Gasteiger partial charge in [0.25, 0.3) is 0 Å². The average Bonchev–Trinajstić information content (AvgIpc) is 2.69. The minimum absolute atomic E-state index is 0.149. The third kappa shape index (κ3) is 7.96. The molecule has 0 spiro atoms. The predicted molar refractivity (Wildman–Crippen MR) is 105 cm³/mol. The maximum Gasteiger partial charge on any atom is 0.336 e. The van der Waals surface area contributed by atoms with E-state index in [1.807, 2.05) is 44.2 Å². The molecule has 8 heteroatoms. The maximum absolute atomic E-state index is 12.7. The molecule has 0 aliphatic heterocycles. The molecule has 28 heavy (non-hydrogen) atoms. The second-order valence-corrected chi connectivity index (χ2v) is 6.99. The van der Waals surface area contributed by atoms with E-state index in [-0.39, 0.29) is 5.92 Å². The highest BCUT2D eigenvalue weighted by atomic mass is 16.5. The van der Waals surface area contributed by atoms with Crippen LogP contribution in [0.2, 0.25) is 0 Å². The molecule has 0 radical (unpaired) electrons. The minimum atomic E-state index is -1.47. The van der Waals surface area contributed by atoms with Crippen molar-refractivity contribution in [1.29, 1.82) is 0 Å². The van der Waals surface area contributed by atoms with E-state index in [1.165, 1.54) is 7.11 Å². The number of hydrogen-bond donors (Lipinski definition) is 4. The highest BCUT2D eigenvalue weighted by molar-refractivity contribution is 5.87. The van der Waals surface area contributed by atoms with Crippen LogP contribution in [0.5, 0.6) is 0 Å². The van der Waals surface area contributed by atoms with Crippen LogP contribution in [-0.4, -0.2) is 48.3 Å². The number of ether oxygens (including phenoxy) is 1. The number of aliphatic hydroxyl groups is 1. The van der Waals surface area contributed by atoms with Gasteiger partial charge in [-0.2, -0.15) is 0 Å². The number of amides is 3. The summed E-state index contributed by atoms with van der Waals surface area (Å²) in [4.78, 5) is 36.4. The molecular formula is C20H31N3O5. The van der Waals surface area contributed by atoms with Crippen LogP contribution in [0.1, 0.15) is 39.2 Å². The second-order valence-electron chi connectivity index (χ2n) is 6.99. The van der Waals surface area contributed by atoms with Crippen LogP contribution < -0.4 is 16.0 Å². The van der Waals surface area contributed by atoms with E-state index in [0.29, 0.717) is 19.4 Å². The molecule has 0 fully saturated rings. The molecule has 3 atom stereocenters. The van der Waals surface area contributed by atoms with Crippen molar-refractivity contribution < 1.29 is 24.2 Å². The molecule has 3 amide bonds. The summed E-state index contributed by atoms with van der Waals surface area (Å²) in [5, 5.41) is 18.0. The summed E-state index contributed by atoms with van der Waals surface area (Å²) in [5.74, 6) is -1.13. The lowest BCUT2D eigenvalue weighted by Crippen LogP contribution is -2.55. The van der Waals surface area contributed by atoms with Crippen LogP contribution in [0.3, 0.4) is 0 Å². The number of esters is 1. The maximum atomic E-state index is 12.7. The zero-order chi connectivity index (χ0) is 21.1. The van der Waals surface area contributed by atoms with Crippen LogP contribution in [-0.2, 0) is 20.9 Å². The molecule has 1 aromatic carbocycles. The van der Waals surface area contributed by atoms with E-state index < -0.39 is 36.1 Å². The Hall–Kier alpha value is -2.61. The van der Waals surface area contributed by atoms with E-state index >= 15 is 0 Å². The normalized spacial score (nSPS) is 13.9. The molecule has 3 unspecified atom stereocenters. The Bertz CT molecular complexity index is 636. The van der Waals surface area contributed by atoms with Crippen molar-refractivity contribution in [2.75, 3.05) is 7.11 Å². The van der Waals surface area contributed by atoms with Gasteiger partial charge in [0.05, 0.1) is 13.2 Å². The van der Waals surface area contributed by atoms with Gasteiger partial charge in [0.2, 0.25) is 5.91 Å². The van der Waals surface area contributed by atoms with Gasteiger partial charge in [-0.1, -0.05) is 51.1 Å². The lowest BCUT2D eigenvalue weighted by molar-refractivity contribution is -0.152. The Labute approximate surface area is 166 Å². The smallest absolute Gasteiger partial charge is 0.336 e. The Morgan fingerprint density at radius 1 is 1.11 bits per heavy atom. The Morgan fingerprint density at radius 3 is 2.29 bits per heavy atom. The number of hydrogen-bond acceptors (Lipinski definition) is 5. The number of urea groups is 1. The number of carbonyl (C=O) groups excluding carboxylic acids is 3. The third-order valence-corrected chi connectivity index (χ3v) is 4.22. The van der Waals surface area contributed by atoms with Crippen LogP contribution in [0.25, 0.3) is 0 Å². The van der Waals surface area contributed by atoms with E-state index in [9.17, 15) is 19.5 Å². The van der Waals surface area contributed by atoms with Crippen molar-refractivity contribution in [3.05, 3.63) is 35.9 Å². The molecule has 0 bridgehead atoms. The summed E-state index contributed by atoms with van der Waals surface area (Å²) < 4.78 is 4.52. The van der Waals surface area contributed by atoms with Crippen molar-refractivity contribution in [3.8, 4) is 0 Å². The summed E-state index contributed by atoms with van der Waals surface area (Å²) in [6.07, 6.45) is -0.725. The fourth-order valence-corrected chi connectivity index (χ4v) is 2.66. The summed E-state index contributed by atoms with van der Waals surface area (Å²) in [5.41, 5.74) is 0.940. The van der Waals surface area contributed by atoms with Crippen molar-refractivity contribution in [3.63, 3.8) is 0 Å². The van der Waals surface area contributed by atoms with E-state index in [4.69, 9.17) is 0 Å². The van der Waals surface area contributed by atoms with Crippen LogP contribution in [0, 0.1) is 5.92 Å². The number of aliphatic hydroxyl groups excluding tert-OH is 1. The second kappa shape index (κ2) is 12.0. The Kier molecular flexibility index (Phi) is 10.0. The largest absolute Gasteiger partial charge is 0.467 e. The summed E-state index contributed by atoms with van der Waals surface area (Å²) in [6.45, 7) is 5.94. The number of rotatable bonds is 10. The number of nitrogens with one attached hydrogen (secondary N) is 3. The van der Waals surface area contributed by atoms with Crippen LogP contribution in [0.15, 0.2) is 30.3 Å². The van der Waals surface area contributed by atoms with Crippen molar-refractivity contribution in [2.24, 2.45) is 5.92 Å². The minimum Gasteiger partial charge on any atom is -0.467 e. The highest BCUT2D eigenvalue weighted by Gasteiger charge is 2.30. The van der Waals surface area contributed by atoms with E-state index in [0.717, 1.165) is 5.56 Å². The zero-order valence-corrected chi connectivity index (χ0v) is 16.9. The molecule has 0 aliphatic carbocycles. The van der Waals surface area contributed by atoms with Crippen LogP contribution in [0.4, 0.5) is 4.79 Å². The monoisotopic (exact) mass is 393 g/mol. The molecule has 0 aliphatic rings. The molecule has 1 rings (SSSR count). The first-order valence-electron chi connectivity index (χ1n) is 9.43. The van der Waals surface area contributed by atoms with Crippen molar-refractivity contribution >= 4 is 17.9 Å². The Balaban J connectivity index is 2.70. The summed E-state index contributed by atoms with van der Waals surface area (Å²) in [6, 6.07) is 7.35. The van der Waals surface area contributed by atoms with Gasteiger partial charge < -0.3 is 25.8 Å². The first-order valence-corrected chi connectivity index (χ1v) is 9.43. The first kappa shape index (κ1) is 23.4. The fraction of sp³-hybridized carbons (Fsp3) is 0.550. The fourth-order valence-electron chi connectivity index (χ4n) is 2.66. The molecule has 0 aromatic heterocycles. The van der Waals surface area contributed by atoms with Gasteiger partial charge in [-0.3, -0.25) is 4.79 Å². The molecule has 0 saturated carbocycles. The number of methoxy groups -OCH3 is 1. The number of benzene rings is 1. The van der Waals surface area contributed by atoms with Gasteiger partial charge >= 0.3 is 12.0 Å². The molecule has 8 nitrogen and oxygen atoms in total. The summed E-state index contributed by atoms with van der Waals surface area (Å²) in [7, 11) is 1.17. The molecule has 0 saturated heterocycles. The van der Waals surface area contributed by atoms with Crippen molar-refractivity contribution in [2.45, 2.75) is 58.3 Å². The highest BCUT2D eigenvalue weighted by Crippen LogP contribution is 2.08. The summed E-state index contributed by atoms with van der Waals surface area (Å²) >= 11 is 0. The van der Waals surface area contributed by atoms with Crippen molar-refractivity contribution in [1.82, 2.24) is 16.0 Å². The lowest BCUT2D eigenvalue weighted by atomic mass is 10.0.